The van der Waals surface area contributed by atoms with Gasteiger partial charge in [-0.1, -0.05) is 31.6 Å². The van der Waals surface area contributed by atoms with Crippen LogP contribution in [0.25, 0.3) is 0 Å². The second-order valence-corrected chi connectivity index (χ2v) is 14.2. The van der Waals surface area contributed by atoms with Crippen LogP contribution in [-0.4, -0.2) is 73.1 Å². The highest BCUT2D eigenvalue weighted by Crippen LogP contribution is 2.65. The first kappa shape index (κ1) is 34.3. The monoisotopic (exact) mass is 644 g/mol. The van der Waals surface area contributed by atoms with E-state index in [0.29, 0.717) is 24.2 Å². The summed E-state index contributed by atoms with van der Waals surface area (Å²) in [5, 5.41) is 0. The highest BCUT2D eigenvalue weighted by molar-refractivity contribution is 5.95. The molecule has 0 bridgehead atoms. The van der Waals surface area contributed by atoms with Gasteiger partial charge < -0.3 is 28.4 Å². The van der Waals surface area contributed by atoms with E-state index < -0.39 is 54.6 Å². The lowest BCUT2D eigenvalue weighted by atomic mass is 9.47. The number of rotatable bonds is 8. The fraction of sp³-hybridized carbons (Fsp3) is 0.743. The summed E-state index contributed by atoms with van der Waals surface area (Å²) in [6, 6.07) is 0. The van der Waals surface area contributed by atoms with Gasteiger partial charge in [-0.3, -0.25) is 24.0 Å². The number of hydrogen-bond donors (Lipinski definition) is 0. The zero-order chi connectivity index (χ0) is 33.6. The normalized spacial score (nSPS) is 39.8. The molecule has 46 heavy (non-hydrogen) atoms. The van der Waals surface area contributed by atoms with Crippen molar-refractivity contribution in [2.45, 2.75) is 130 Å². The van der Waals surface area contributed by atoms with Crippen LogP contribution in [0.15, 0.2) is 23.3 Å². The Morgan fingerprint density at radius 1 is 0.761 bits per heavy atom. The van der Waals surface area contributed by atoms with Gasteiger partial charge in [0.25, 0.3) is 0 Å². The molecule has 11 nitrogen and oxygen atoms in total. The summed E-state index contributed by atoms with van der Waals surface area (Å²) in [4.78, 5) is 60.6. The Morgan fingerprint density at radius 2 is 1.39 bits per heavy atom. The first-order valence-electron chi connectivity index (χ1n) is 16.5. The Labute approximate surface area is 270 Å². The van der Waals surface area contributed by atoms with E-state index in [9.17, 15) is 24.0 Å². The molecule has 0 N–H and O–H groups in total. The first-order chi connectivity index (χ1) is 21.6. The molecular formula is C35H48O11. The third-order valence-electron chi connectivity index (χ3n) is 11.3. The van der Waals surface area contributed by atoms with Crippen molar-refractivity contribution >= 4 is 29.7 Å². The van der Waals surface area contributed by atoms with Gasteiger partial charge in [0.15, 0.2) is 30.4 Å². The number of carbonyl (C=O) groups is 5. The number of ketones is 1. The number of ether oxygens (including phenoxy) is 6. The molecule has 4 aliphatic carbocycles. The summed E-state index contributed by atoms with van der Waals surface area (Å²) in [6.07, 6.45) is 4.61. The molecule has 0 unspecified atom stereocenters. The van der Waals surface area contributed by atoms with Gasteiger partial charge in [0.1, 0.15) is 12.7 Å². The maximum Gasteiger partial charge on any atom is 0.303 e. The molecule has 1 aliphatic heterocycles. The third-order valence-corrected chi connectivity index (χ3v) is 11.3. The van der Waals surface area contributed by atoms with Crippen molar-refractivity contribution in [2.24, 2.45) is 28.6 Å². The Morgan fingerprint density at radius 3 is 2.02 bits per heavy atom. The number of carbonyl (C=O) groups excluding carboxylic acids is 5. The molecule has 0 aromatic heterocycles. The lowest BCUT2D eigenvalue weighted by Gasteiger charge is -2.58. The van der Waals surface area contributed by atoms with Crippen LogP contribution in [0.2, 0.25) is 0 Å². The molecule has 11 heteroatoms. The molecule has 0 aromatic carbocycles. The van der Waals surface area contributed by atoms with Crippen LogP contribution in [0.1, 0.15) is 93.4 Å². The number of fused-ring (bicyclic) bond motifs is 5. The van der Waals surface area contributed by atoms with Crippen molar-refractivity contribution in [1.29, 1.82) is 0 Å². The van der Waals surface area contributed by atoms with E-state index in [1.807, 2.05) is 0 Å². The lowest BCUT2D eigenvalue weighted by molar-refractivity contribution is -0.318. The Balaban J connectivity index is 1.37. The van der Waals surface area contributed by atoms with E-state index in [0.717, 1.165) is 44.1 Å². The smallest absolute Gasteiger partial charge is 0.303 e. The molecule has 0 amide bonds. The van der Waals surface area contributed by atoms with Crippen molar-refractivity contribution in [3.63, 3.8) is 0 Å². The number of allylic oxidation sites excluding steroid dienone is 3. The lowest BCUT2D eigenvalue weighted by Crippen LogP contribution is -2.63. The van der Waals surface area contributed by atoms with Crippen molar-refractivity contribution < 1.29 is 52.4 Å². The zero-order valence-corrected chi connectivity index (χ0v) is 28.0. The standard InChI is InChI=1S/C35H48O11/c1-18(36)26-10-11-27-25-9-8-23-16-24(12-14-34(23,6)28(25)13-15-35(26,27)7)45-33-32(44-22(5)40)31(43-21(4)39)30(42-20(3)38)29(46-33)17-41-19(2)37/h8,10,24-25,27-33H,9,11-17H2,1-7H3/t24-,25-,27-,28-,29+,30+,31-,32+,33+,34-,35+/m0/s1. The molecule has 254 valence electrons. The Hall–Kier alpha value is -3.05. The van der Waals surface area contributed by atoms with Gasteiger partial charge >= 0.3 is 23.9 Å². The maximum atomic E-state index is 12.5. The minimum atomic E-state index is -1.26. The van der Waals surface area contributed by atoms with Crippen molar-refractivity contribution in [3.05, 3.63) is 23.3 Å². The van der Waals surface area contributed by atoms with Gasteiger partial charge in [0.05, 0.1) is 6.10 Å². The molecule has 11 atom stereocenters. The average molecular weight is 645 g/mol. The summed E-state index contributed by atoms with van der Waals surface area (Å²) >= 11 is 0. The van der Waals surface area contributed by atoms with Crippen molar-refractivity contribution in [3.8, 4) is 0 Å². The van der Waals surface area contributed by atoms with E-state index >= 15 is 0 Å². The van der Waals surface area contributed by atoms with Crippen LogP contribution in [0.3, 0.4) is 0 Å². The van der Waals surface area contributed by atoms with Crippen molar-refractivity contribution in [2.75, 3.05) is 6.61 Å². The van der Waals surface area contributed by atoms with Crippen LogP contribution in [-0.2, 0) is 52.4 Å². The van der Waals surface area contributed by atoms with Crippen LogP contribution in [0, 0.1) is 28.6 Å². The molecule has 0 radical (unpaired) electrons. The van der Waals surface area contributed by atoms with Crippen LogP contribution in [0.4, 0.5) is 0 Å². The molecule has 5 aliphatic rings. The summed E-state index contributed by atoms with van der Waals surface area (Å²) < 4.78 is 34.6. The fourth-order valence-corrected chi connectivity index (χ4v) is 9.34. The molecule has 0 aromatic rings. The third kappa shape index (κ3) is 6.54. The van der Waals surface area contributed by atoms with E-state index in [1.54, 1.807) is 6.92 Å². The number of hydrogen-bond acceptors (Lipinski definition) is 11. The molecule has 5 rings (SSSR count). The summed E-state index contributed by atoms with van der Waals surface area (Å²) in [5.41, 5.74) is 2.31. The van der Waals surface area contributed by atoms with Crippen LogP contribution in [0.5, 0.6) is 0 Å². The highest BCUT2D eigenvalue weighted by Gasteiger charge is 2.58. The maximum absolute atomic E-state index is 12.5. The van der Waals surface area contributed by atoms with Gasteiger partial charge in [-0.05, 0) is 86.0 Å². The predicted molar refractivity (Wildman–Crippen MR) is 163 cm³/mol. The van der Waals surface area contributed by atoms with Gasteiger partial charge in [0.2, 0.25) is 0 Å². The Kier molecular flexibility index (Phi) is 9.85. The largest absolute Gasteiger partial charge is 0.463 e. The minimum Gasteiger partial charge on any atom is -0.463 e. The fourth-order valence-electron chi connectivity index (χ4n) is 9.34. The van der Waals surface area contributed by atoms with Gasteiger partial charge in [-0.25, -0.2) is 0 Å². The van der Waals surface area contributed by atoms with Crippen molar-refractivity contribution in [1.82, 2.24) is 0 Å². The molecular weight excluding hydrogens is 596 g/mol. The Bertz CT molecular complexity index is 1320. The van der Waals surface area contributed by atoms with Gasteiger partial charge in [-0.15, -0.1) is 0 Å². The van der Waals surface area contributed by atoms with E-state index in [4.69, 9.17) is 28.4 Å². The molecule has 3 fully saturated rings. The number of esters is 4. The average Bonchev–Trinajstić information content (AvgIpc) is 3.32. The van der Waals surface area contributed by atoms with Gasteiger partial charge in [-0.2, -0.15) is 0 Å². The molecule has 1 heterocycles. The SMILES string of the molecule is CC(=O)OC[C@H]1O[C@@H](O[C@H]2CC[C@@]3(C)C(=CC[C@@H]4[C@@H]3CC[C@]3(C)C(C(C)=O)=CC[C@@H]43)C2)[C@H](OC(C)=O)[C@@H](OC(C)=O)[C@@H]1OC(C)=O. The molecule has 0 spiro atoms. The first-order valence-corrected chi connectivity index (χ1v) is 16.5. The highest BCUT2D eigenvalue weighted by atomic mass is 16.7. The topological polar surface area (TPSA) is 141 Å². The summed E-state index contributed by atoms with van der Waals surface area (Å²) in [7, 11) is 0. The second-order valence-electron chi connectivity index (χ2n) is 14.2. The molecule has 1 saturated heterocycles. The summed E-state index contributed by atoms with van der Waals surface area (Å²) in [5.74, 6) is -0.907. The zero-order valence-electron chi connectivity index (χ0n) is 28.0. The van der Waals surface area contributed by atoms with E-state index in [2.05, 4.69) is 26.0 Å². The van der Waals surface area contributed by atoms with Gasteiger partial charge in [0, 0.05) is 27.7 Å². The van der Waals surface area contributed by atoms with E-state index in [-0.39, 0.29) is 29.3 Å². The quantitative estimate of drug-likeness (QED) is 0.209. The summed E-state index contributed by atoms with van der Waals surface area (Å²) in [6.45, 7) is 10.9. The molecule has 2 saturated carbocycles. The van der Waals surface area contributed by atoms with E-state index in [1.165, 1.54) is 33.3 Å². The minimum absolute atomic E-state index is 0.00432. The van der Waals surface area contributed by atoms with Crippen LogP contribution >= 0.6 is 0 Å². The van der Waals surface area contributed by atoms with Crippen LogP contribution < -0.4 is 0 Å². The predicted octanol–water partition coefficient (Wildman–Crippen LogP) is 4.54. The second kappa shape index (κ2) is 13.2. The number of Topliss-reactive ketones (excluding diaryl/α,β-unsaturated/α-hetero) is 1.